The van der Waals surface area contributed by atoms with Crippen molar-refractivity contribution in [3.8, 4) is 0 Å². The van der Waals surface area contributed by atoms with Crippen LogP contribution in [0.2, 0.25) is 0 Å². The first-order chi connectivity index (χ1) is 18.9. The van der Waals surface area contributed by atoms with Gasteiger partial charge in [0.15, 0.2) is 0 Å². The minimum absolute atomic E-state index is 0.138. The molecule has 10 heteroatoms. The maximum absolute atomic E-state index is 13.3. The van der Waals surface area contributed by atoms with Gasteiger partial charge in [-0.2, -0.15) is 0 Å². The van der Waals surface area contributed by atoms with E-state index in [9.17, 15) is 19.2 Å². The molecule has 0 unspecified atom stereocenters. The number of carbonyl (C=O) groups excluding carboxylic acids is 4. The topological polar surface area (TPSA) is 124 Å². The molecule has 0 spiro atoms. The summed E-state index contributed by atoms with van der Waals surface area (Å²) in [5, 5.41) is 0. The summed E-state index contributed by atoms with van der Waals surface area (Å²) >= 11 is 0. The SMILES string of the molecule is C[C@@]12C[C@]3(C)C(=O)OCCOC(=O)[C@@]4(C)C[C@]5(C)OC(=O)C=C(OCc6cccc(c6)COC(=CC(=O)O1)[C@@H]23)[C@@H]54. The van der Waals surface area contributed by atoms with Gasteiger partial charge in [-0.1, -0.05) is 18.2 Å². The van der Waals surface area contributed by atoms with Gasteiger partial charge in [0.05, 0.1) is 34.8 Å². The van der Waals surface area contributed by atoms with Gasteiger partial charge in [0.2, 0.25) is 0 Å². The Hall–Kier alpha value is -3.82. The molecule has 212 valence electrons. The van der Waals surface area contributed by atoms with Crippen molar-refractivity contribution in [3.63, 3.8) is 0 Å². The van der Waals surface area contributed by atoms with Crippen molar-refractivity contribution >= 4 is 23.9 Å². The largest absolute Gasteiger partial charge is 0.492 e. The molecular weight excluding hydrogens is 520 g/mol. The van der Waals surface area contributed by atoms with Crippen LogP contribution in [0.15, 0.2) is 47.9 Å². The Labute approximate surface area is 231 Å². The summed E-state index contributed by atoms with van der Waals surface area (Å²) in [6.07, 6.45) is 3.12. The molecule has 40 heavy (non-hydrogen) atoms. The molecule has 1 aromatic rings. The van der Waals surface area contributed by atoms with Crippen molar-refractivity contribution in [3.05, 3.63) is 59.1 Å². The van der Waals surface area contributed by atoms with Crippen LogP contribution < -0.4 is 0 Å². The summed E-state index contributed by atoms with van der Waals surface area (Å²) in [6.45, 7) is 7.13. The number of carbonyl (C=O) groups is 4. The predicted octanol–water partition coefficient (Wildman–Crippen LogP) is 3.27. The van der Waals surface area contributed by atoms with Gasteiger partial charge in [-0.15, -0.1) is 0 Å². The van der Waals surface area contributed by atoms with E-state index in [4.69, 9.17) is 28.4 Å². The Kier molecular flexibility index (Phi) is 5.84. The van der Waals surface area contributed by atoms with E-state index in [1.165, 1.54) is 12.2 Å². The average Bonchev–Trinajstić information content (AvgIpc) is 2.85. The Morgan fingerprint density at radius 3 is 1.50 bits per heavy atom. The Morgan fingerprint density at radius 1 is 0.650 bits per heavy atom. The van der Waals surface area contributed by atoms with Crippen LogP contribution in [0, 0.1) is 22.7 Å². The minimum Gasteiger partial charge on any atom is -0.492 e. The monoisotopic (exact) mass is 552 g/mol. The molecule has 3 heterocycles. The average molecular weight is 553 g/mol. The van der Waals surface area contributed by atoms with Crippen LogP contribution in [0.25, 0.3) is 0 Å². The van der Waals surface area contributed by atoms with Crippen molar-refractivity contribution in [1.29, 1.82) is 0 Å². The number of benzene rings is 1. The van der Waals surface area contributed by atoms with Crippen LogP contribution >= 0.6 is 0 Å². The molecule has 2 bridgehead atoms. The first-order valence-electron chi connectivity index (χ1n) is 13.4. The molecule has 10 nitrogen and oxygen atoms in total. The second-order valence-corrected chi connectivity index (χ2v) is 12.3. The van der Waals surface area contributed by atoms with Crippen LogP contribution in [0.1, 0.15) is 51.7 Å². The van der Waals surface area contributed by atoms with E-state index in [-0.39, 0.29) is 39.3 Å². The number of hydrogen-bond donors (Lipinski definition) is 0. The molecule has 2 aliphatic carbocycles. The van der Waals surface area contributed by atoms with E-state index in [1.807, 2.05) is 24.3 Å². The lowest BCUT2D eigenvalue weighted by molar-refractivity contribution is -0.229. The van der Waals surface area contributed by atoms with E-state index < -0.39 is 57.7 Å². The zero-order chi connectivity index (χ0) is 28.5. The molecule has 6 rings (SSSR count). The van der Waals surface area contributed by atoms with Gasteiger partial charge in [0.25, 0.3) is 0 Å². The summed E-state index contributed by atoms with van der Waals surface area (Å²) in [4.78, 5) is 51.2. The standard InChI is InChI=1S/C30H32O10/c1-27-15-29(3)23(27)19(11-21(31)39-29)37-13-17-6-5-7-18(10-17)14-38-20-12-22(32)40-30(4)16-28(2,24(20)30)26(34)36-9-8-35-25(27)33/h5-7,10-12,23-24H,8-9,13-16H2,1-4H3/t23-,24-,27+,28+,29+,30+/m1/s1. The first kappa shape index (κ1) is 26.4. The van der Waals surface area contributed by atoms with Crippen molar-refractivity contribution in [2.45, 2.75) is 65.0 Å². The van der Waals surface area contributed by atoms with Gasteiger partial charge in [0.1, 0.15) is 49.1 Å². The summed E-state index contributed by atoms with van der Waals surface area (Å²) in [6, 6.07) is 7.53. The number of hydrogen-bond acceptors (Lipinski definition) is 10. The molecule has 0 aromatic heterocycles. The maximum atomic E-state index is 13.3. The van der Waals surface area contributed by atoms with E-state index in [2.05, 4.69) is 0 Å². The summed E-state index contributed by atoms with van der Waals surface area (Å²) < 4.78 is 34.5. The van der Waals surface area contributed by atoms with Gasteiger partial charge in [-0.05, 0) is 44.9 Å². The molecule has 0 saturated heterocycles. The van der Waals surface area contributed by atoms with E-state index in [0.717, 1.165) is 11.1 Å². The summed E-state index contributed by atoms with van der Waals surface area (Å²) in [7, 11) is 0. The number of esters is 4. The van der Waals surface area contributed by atoms with Crippen LogP contribution in [0.3, 0.4) is 0 Å². The molecule has 3 aliphatic heterocycles. The third-order valence-corrected chi connectivity index (χ3v) is 8.97. The number of rotatable bonds is 0. The molecule has 0 amide bonds. The molecule has 1 aromatic carbocycles. The highest BCUT2D eigenvalue weighted by Crippen LogP contribution is 2.62. The van der Waals surface area contributed by atoms with Gasteiger partial charge in [-0.25, -0.2) is 9.59 Å². The molecule has 2 fully saturated rings. The zero-order valence-electron chi connectivity index (χ0n) is 22.9. The minimum atomic E-state index is -0.989. The fraction of sp³-hybridized carbons (Fsp3) is 0.533. The van der Waals surface area contributed by atoms with E-state index >= 15 is 0 Å². The lowest BCUT2D eigenvalue weighted by Crippen LogP contribution is -2.66. The third-order valence-electron chi connectivity index (χ3n) is 8.97. The molecule has 6 atom stereocenters. The molecule has 5 aliphatic rings. The molecule has 0 N–H and O–H groups in total. The first-order valence-corrected chi connectivity index (χ1v) is 13.4. The van der Waals surface area contributed by atoms with Crippen molar-refractivity contribution in [2.75, 3.05) is 13.2 Å². The van der Waals surface area contributed by atoms with Crippen molar-refractivity contribution in [1.82, 2.24) is 0 Å². The van der Waals surface area contributed by atoms with E-state index in [0.29, 0.717) is 11.5 Å². The van der Waals surface area contributed by atoms with Gasteiger partial charge >= 0.3 is 23.9 Å². The van der Waals surface area contributed by atoms with Crippen molar-refractivity contribution < 1.29 is 47.6 Å². The predicted molar refractivity (Wildman–Crippen MR) is 136 cm³/mol. The maximum Gasteiger partial charge on any atom is 0.334 e. The normalized spacial score (nSPS) is 39.0. The molecular formula is C30H32O10. The van der Waals surface area contributed by atoms with Crippen molar-refractivity contribution in [2.24, 2.45) is 22.7 Å². The fourth-order valence-electron chi connectivity index (χ4n) is 7.66. The Balaban J connectivity index is 1.31. The van der Waals surface area contributed by atoms with Gasteiger partial charge < -0.3 is 28.4 Å². The smallest absolute Gasteiger partial charge is 0.334 e. The quantitative estimate of drug-likeness (QED) is 0.350. The second-order valence-electron chi connectivity index (χ2n) is 12.3. The highest BCUT2D eigenvalue weighted by Gasteiger charge is 2.70. The Morgan fingerprint density at radius 2 is 1.07 bits per heavy atom. The van der Waals surface area contributed by atoms with Crippen LogP contribution in [0.5, 0.6) is 0 Å². The van der Waals surface area contributed by atoms with Gasteiger partial charge in [-0.3, -0.25) is 9.59 Å². The number of fused-ring (bicyclic) bond motifs is 2. The lowest BCUT2D eigenvalue weighted by atomic mass is 9.51. The summed E-state index contributed by atoms with van der Waals surface area (Å²) in [5.74, 6) is -2.34. The fourth-order valence-corrected chi connectivity index (χ4v) is 7.66. The van der Waals surface area contributed by atoms with Gasteiger partial charge in [0, 0.05) is 12.8 Å². The summed E-state index contributed by atoms with van der Waals surface area (Å²) in [5.41, 5.74) is -2.13. The molecule has 0 radical (unpaired) electrons. The number of cyclic esters (lactones) is 2. The van der Waals surface area contributed by atoms with E-state index in [1.54, 1.807) is 27.7 Å². The van der Waals surface area contributed by atoms with Crippen LogP contribution in [-0.4, -0.2) is 48.3 Å². The van der Waals surface area contributed by atoms with Crippen LogP contribution in [0.4, 0.5) is 0 Å². The second kappa shape index (κ2) is 8.84. The lowest BCUT2D eigenvalue weighted by Gasteiger charge is -2.58. The third kappa shape index (κ3) is 3.98. The highest BCUT2D eigenvalue weighted by molar-refractivity contribution is 5.88. The zero-order valence-corrected chi connectivity index (χ0v) is 22.9. The van der Waals surface area contributed by atoms with Crippen LogP contribution in [-0.2, 0) is 60.8 Å². The Bertz CT molecular complexity index is 1280. The number of ether oxygens (including phenoxy) is 6. The molecule has 2 saturated carbocycles. The highest BCUT2D eigenvalue weighted by atomic mass is 16.6.